The van der Waals surface area contributed by atoms with Crippen LogP contribution < -0.4 is 10.5 Å². The number of aromatic nitrogens is 2. The molecule has 0 saturated carbocycles. The van der Waals surface area contributed by atoms with Crippen molar-refractivity contribution in [3.63, 3.8) is 0 Å². The number of ether oxygens (including phenoxy) is 1. The fraction of sp³-hybridized carbons (Fsp3) is 0.750. The van der Waals surface area contributed by atoms with Crippen molar-refractivity contribution in [3.8, 4) is 6.08 Å². The quantitative estimate of drug-likeness (QED) is 0.758. The summed E-state index contributed by atoms with van der Waals surface area (Å²) in [5, 5.41) is 3.76. The minimum absolute atomic E-state index is 0.159. The van der Waals surface area contributed by atoms with Crippen LogP contribution in [0.15, 0.2) is 4.52 Å². The molecule has 74 valence electrons. The molecule has 2 N–H and O–H groups in total. The molecule has 5 nitrogen and oxygen atoms in total. The molecular weight excluding hydrogens is 170 g/mol. The van der Waals surface area contributed by atoms with Gasteiger partial charge in [-0.2, -0.15) is 4.98 Å². The summed E-state index contributed by atoms with van der Waals surface area (Å²) in [6, 6.07) is 0. The van der Waals surface area contributed by atoms with Crippen LogP contribution in [0.25, 0.3) is 0 Å². The second kappa shape index (κ2) is 3.74. The third-order valence-electron chi connectivity index (χ3n) is 2.29. The van der Waals surface area contributed by atoms with Crippen molar-refractivity contribution in [2.24, 2.45) is 5.73 Å². The van der Waals surface area contributed by atoms with Crippen molar-refractivity contribution in [2.75, 3.05) is 7.11 Å². The van der Waals surface area contributed by atoms with Gasteiger partial charge in [-0.15, -0.1) is 0 Å². The first kappa shape index (κ1) is 9.98. The van der Waals surface area contributed by atoms with E-state index in [9.17, 15) is 0 Å². The predicted octanol–water partition coefficient (Wildman–Crippen LogP) is 1.05. The van der Waals surface area contributed by atoms with Gasteiger partial charge in [-0.1, -0.05) is 19.0 Å². The Hall–Kier alpha value is -1.10. The molecule has 0 aliphatic carbocycles. The Bertz CT molecular complexity index is 268. The number of rotatable bonds is 4. The molecule has 0 spiro atoms. The largest absolute Gasteiger partial charge is 0.452 e. The molecule has 0 aliphatic heterocycles. The van der Waals surface area contributed by atoms with Crippen LogP contribution in [0.1, 0.15) is 32.5 Å². The van der Waals surface area contributed by atoms with Gasteiger partial charge in [0.2, 0.25) is 0 Å². The standard InChI is InChI=1S/C8H15N3O2/c1-4-8(9,5-2)6-10-7(12-3)13-11-6/h4-5,9H2,1-3H3. The van der Waals surface area contributed by atoms with Crippen molar-refractivity contribution >= 4 is 0 Å². The average Bonchev–Trinajstić information content (AvgIpc) is 2.65. The van der Waals surface area contributed by atoms with Crippen LogP contribution in [-0.2, 0) is 5.54 Å². The molecule has 0 atom stereocenters. The second-order valence-corrected chi connectivity index (χ2v) is 2.95. The van der Waals surface area contributed by atoms with Gasteiger partial charge in [0.15, 0.2) is 5.82 Å². The molecule has 0 fully saturated rings. The topological polar surface area (TPSA) is 74.2 Å². The van der Waals surface area contributed by atoms with Crippen molar-refractivity contribution in [2.45, 2.75) is 32.2 Å². The van der Waals surface area contributed by atoms with E-state index in [1.54, 1.807) is 0 Å². The lowest BCUT2D eigenvalue weighted by Crippen LogP contribution is -2.36. The van der Waals surface area contributed by atoms with Gasteiger partial charge in [-0.05, 0) is 12.8 Å². The van der Waals surface area contributed by atoms with Gasteiger partial charge >= 0.3 is 6.08 Å². The van der Waals surface area contributed by atoms with Crippen LogP contribution in [-0.4, -0.2) is 17.3 Å². The lowest BCUT2D eigenvalue weighted by molar-refractivity contribution is 0.247. The van der Waals surface area contributed by atoms with Crippen LogP contribution >= 0.6 is 0 Å². The predicted molar refractivity (Wildman–Crippen MR) is 47.3 cm³/mol. The van der Waals surface area contributed by atoms with Gasteiger partial charge in [0.1, 0.15) is 0 Å². The first-order chi connectivity index (χ1) is 6.16. The molecule has 1 rings (SSSR count). The summed E-state index contributed by atoms with van der Waals surface area (Å²) in [7, 11) is 1.48. The highest BCUT2D eigenvalue weighted by atomic mass is 16.6. The first-order valence-corrected chi connectivity index (χ1v) is 4.33. The normalized spacial score (nSPS) is 11.7. The van der Waals surface area contributed by atoms with Crippen molar-refractivity contribution in [1.29, 1.82) is 0 Å². The Morgan fingerprint density at radius 1 is 1.46 bits per heavy atom. The minimum atomic E-state index is -0.500. The Morgan fingerprint density at radius 2 is 2.08 bits per heavy atom. The molecule has 0 saturated heterocycles. The zero-order valence-corrected chi connectivity index (χ0v) is 8.20. The fourth-order valence-electron chi connectivity index (χ4n) is 1.06. The molecular formula is C8H15N3O2. The Labute approximate surface area is 77.3 Å². The number of methoxy groups -OCH3 is 1. The van der Waals surface area contributed by atoms with E-state index in [0.717, 1.165) is 12.8 Å². The molecule has 0 aromatic carbocycles. The zero-order chi connectivity index (χ0) is 9.90. The molecule has 1 aromatic rings. The van der Waals surface area contributed by atoms with Gasteiger partial charge in [0.05, 0.1) is 12.6 Å². The van der Waals surface area contributed by atoms with Crippen LogP contribution in [0.3, 0.4) is 0 Å². The second-order valence-electron chi connectivity index (χ2n) is 2.95. The third-order valence-corrected chi connectivity index (χ3v) is 2.29. The van der Waals surface area contributed by atoms with Crippen molar-refractivity contribution < 1.29 is 9.26 Å². The molecule has 0 radical (unpaired) electrons. The summed E-state index contributed by atoms with van der Waals surface area (Å²) in [6.07, 6.45) is 1.70. The molecule has 1 heterocycles. The smallest absolute Gasteiger partial charge is 0.417 e. The minimum Gasteiger partial charge on any atom is -0.452 e. The van der Waals surface area contributed by atoms with Crippen LogP contribution in [0.2, 0.25) is 0 Å². The molecule has 13 heavy (non-hydrogen) atoms. The average molecular weight is 185 g/mol. The SMILES string of the molecule is CCC(N)(CC)c1noc(OC)n1. The van der Waals surface area contributed by atoms with Gasteiger partial charge in [0, 0.05) is 0 Å². The molecule has 0 amide bonds. The molecule has 0 unspecified atom stereocenters. The number of hydrogen-bond donors (Lipinski definition) is 1. The summed E-state index contributed by atoms with van der Waals surface area (Å²) in [6.45, 7) is 3.98. The molecule has 0 aliphatic rings. The summed E-state index contributed by atoms with van der Waals surface area (Å²) in [4.78, 5) is 4.02. The van der Waals surface area contributed by atoms with E-state index >= 15 is 0 Å². The van der Waals surface area contributed by atoms with Gasteiger partial charge in [-0.25, -0.2) is 0 Å². The lowest BCUT2D eigenvalue weighted by atomic mass is 9.94. The zero-order valence-electron chi connectivity index (χ0n) is 8.20. The van der Waals surface area contributed by atoms with Gasteiger partial charge in [0.25, 0.3) is 0 Å². The van der Waals surface area contributed by atoms with Crippen LogP contribution in [0.4, 0.5) is 0 Å². The fourth-order valence-corrected chi connectivity index (χ4v) is 1.06. The van der Waals surface area contributed by atoms with Crippen LogP contribution in [0.5, 0.6) is 6.08 Å². The number of hydrogen-bond acceptors (Lipinski definition) is 5. The summed E-state index contributed by atoms with van der Waals surface area (Å²) in [5.41, 5.74) is 5.55. The highest BCUT2D eigenvalue weighted by Crippen LogP contribution is 2.24. The Morgan fingerprint density at radius 3 is 2.46 bits per heavy atom. The first-order valence-electron chi connectivity index (χ1n) is 4.33. The third kappa shape index (κ3) is 1.80. The van der Waals surface area contributed by atoms with E-state index in [1.807, 2.05) is 13.8 Å². The van der Waals surface area contributed by atoms with E-state index in [4.69, 9.17) is 15.0 Å². The highest BCUT2D eigenvalue weighted by molar-refractivity contribution is 5.04. The maximum absolute atomic E-state index is 6.05. The molecule has 5 heteroatoms. The lowest BCUT2D eigenvalue weighted by Gasteiger charge is -2.21. The Balaban J connectivity index is 2.91. The van der Waals surface area contributed by atoms with Crippen molar-refractivity contribution in [1.82, 2.24) is 10.1 Å². The van der Waals surface area contributed by atoms with Gasteiger partial charge in [-0.3, -0.25) is 4.52 Å². The van der Waals surface area contributed by atoms with E-state index in [-0.39, 0.29) is 6.08 Å². The van der Waals surface area contributed by atoms with Gasteiger partial charge < -0.3 is 10.5 Å². The van der Waals surface area contributed by atoms with E-state index < -0.39 is 5.54 Å². The van der Waals surface area contributed by atoms with Crippen LogP contribution in [0, 0.1) is 0 Å². The maximum Gasteiger partial charge on any atom is 0.417 e. The highest BCUT2D eigenvalue weighted by Gasteiger charge is 2.29. The summed E-state index contributed by atoms with van der Waals surface area (Å²) >= 11 is 0. The Kier molecular flexibility index (Phi) is 2.87. The summed E-state index contributed by atoms with van der Waals surface area (Å²) in [5.74, 6) is 0.509. The van der Waals surface area contributed by atoms with E-state index in [1.165, 1.54) is 7.11 Å². The van der Waals surface area contributed by atoms with E-state index in [0.29, 0.717) is 5.82 Å². The monoisotopic (exact) mass is 185 g/mol. The van der Waals surface area contributed by atoms with E-state index in [2.05, 4.69) is 10.1 Å². The van der Waals surface area contributed by atoms with Crippen molar-refractivity contribution in [3.05, 3.63) is 5.82 Å². The number of nitrogens with two attached hydrogens (primary N) is 1. The number of nitrogens with zero attached hydrogens (tertiary/aromatic N) is 2. The molecule has 1 aromatic heterocycles. The maximum atomic E-state index is 6.05. The summed E-state index contributed by atoms with van der Waals surface area (Å²) < 4.78 is 9.58. The molecule has 0 bridgehead atoms.